The van der Waals surface area contributed by atoms with Gasteiger partial charge in [-0.15, -0.1) is 0 Å². The number of rotatable bonds is 4. The van der Waals surface area contributed by atoms with Gasteiger partial charge in [-0.25, -0.2) is 4.79 Å². The minimum absolute atomic E-state index is 0.153. The van der Waals surface area contributed by atoms with Gasteiger partial charge in [-0.2, -0.15) is 0 Å². The van der Waals surface area contributed by atoms with Crippen LogP contribution >= 0.6 is 23.2 Å². The molecule has 0 radical (unpaired) electrons. The smallest absolute Gasteiger partial charge is 0.341 e. The van der Waals surface area contributed by atoms with Gasteiger partial charge < -0.3 is 15.8 Å². The molecule has 1 atom stereocenters. The van der Waals surface area contributed by atoms with Crippen molar-refractivity contribution in [3.63, 3.8) is 0 Å². The normalized spacial score (nSPS) is 11.6. The molecular formula is C16H14Cl2N2O3. The molecule has 3 N–H and O–H groups in total. The van der Waals surface area contributed by atoms with E-state index in [9.17, 15) is 9.59 Å². The molecule has 0 unspecified atom stereocenters. The van der Waals surface area contributed by atoms with Crippen molar-refractivity contribution < 1.29 is 14.3 Å². The number of anilines is 2. The van der Waals surface area contributed by atoms with Crippen LogP contribution in [0.2, 0.25) is 10.0 Å². The fraction of sp³-hybridized carbons (Fsp3) is 0.125. The lowest BCUT2D eigenvalue weighted by Gasteiger charge is -2.14. The van der Waals surface area contributed by atoms with Gasteiger partial charge in [0.25, 0.3) is 5.91 Å². The molecule has 0 fully saturated rings. The zero-order valence-corrected chi connectivity index (χ0v) is 13.7. The first-order valence-electron chi connectivity index (χ1n) is 6.69. The molecule has 0 aliphatic carbocycles. The molecule has 0 aliphatic rings. The Bertz CT molecular complexity index is 733. The Kier molecular flexibility index (Phi) is 5.47. The van der Waals surface area contributed by atoms with E-state index >= 15 is 0 Å². The average molecular weight is 353 g/mol. The van der Waals surface area contributed by atoms with E-state index in [4.69, 9.17) is 33.7 Å². The number of amides is 1. The molecule has 1 amide bonds. The van der Waals surface area contributed by atoms with Crippen molar-refractivity contribution >= 4 is 46.5 Å². The molecule has 2 aromatic rings. The molecule has 0 bridgehead atoms. The maximum Gasteiger partial charge on any atom is 0.341 e. The number of nitrogen functional groups attached to an aromatic ring is 1. The summed E-state index contributed by atoms with van der Waals surface area (Å²) >= 11 is 11.5. The van der Waals surface area contributed by atoms with E-state index in [1.165, 1.54) is 25.1 Å². The number of halogens is 2. The van der Waals surface area contributed by atoms with Crippen molar-refractivity contribution in [1.29, 1.82) is 0 Å². The van der Waals surface area contributed by atoms with E-state index in [-0.39, 0.29) is 11.3 Å². The molecule has 2 rings (SSSR count). The van der Waals surface area contributed by atoms with Gasteiger partial charge in [0.15, 0.2) is 6.10 Å². The molecule has 23 heavy (non-hydrogen) atoms. The van der Waals surface area contributed by atoms with Crippen LogP contribution in [0.25, 0.3) is 0 Å². The number of ether oxygens (including phenoxy) is 1. The van der Waals surface area contributed by atoms with Crippen LogP contribution in [-0.4, -0.2) is 18.0 Å². The molecule has 0 saturated carbocycles. The summed E-state index contributed by atoms with van der Waals surface area (Å²) in [5, 5.41) is 3.59. The first-order chi connectivity index (χ1) is 10.9. The first-order valence-corrected chi connectivity index (χ1v) is 7.45. The molecule has 0 heterocycles. The van der Waals surface area contributed by atoms with Gasteiger partial charge in [0.05, 0.1) is 5.56 Å². The second-order valence-electron chi connectivity index (χ2n) is 4.78. The minimum Gasteiger partial charge on any atom is -0.449 e. The Hall–Kier alpha value is -2.24. The minimum atomic E-state index is -0.992. The molecule has 0 spiro atoms. The molecule has 5 nitrogen and oxygen atoms in total. The van der Waals surface area contributed by atoms with Crippen molar-refractivity contribution in [2.75, 3.05) is 11.1 Å². The molecule has 120 valence electrons. The quantitative estimate of drug-likeness (QED) is 0.648. The average Bonchev–Trinajstić information content (AvgIpc) is 2.49. The lowest BCUT2D eigenvalue weighted by molar-refractivity contribution is -0.123. The summed E-state index contributed by atoms with van der Waals surface area (Å²) in [6, 6.07) is 11.0. The van der Waals surface area contributed by atoms with Crippen LogP contribution in [0.15, 0.2) is 42.5 Å². The van der Waals surface area contributed by atoms with Crippen molar-refractivity contribution in [1.82, 2.24) is 0 Å². The highest BCUT2D eigenvalue weighted by atomic mass is 35.5. The highest BCUT2D eigenvalue weighted by molar-refractivity contribution is 6.31. The third-order valence-electron chi connectivity index (χ3n) is 3.00. The predicted molar refractivity (Wildman–Crippen MR) is 90.8 cm³/mol. The summed E-state index contributed by atoms with van der Waals surface area (Å²) in [6.07, 6.45) is -0.992. The van der Waals surface area contributed by atoms with E-state index in [0.717, 1.165) is 0 Å². The summed E-state index contributed by atoms with van der Waals surface area (Å²) in [4.78, 5) is 24.1. The van der Waals surface area contributed by atoms with Crippen molar-refractivity contribution in [2.45, 2.75) is 13.0 Å². The third kappa shape index (κ3) is 4.61. The molecule has 0 aliphatic heterocycles. The van der Waals surface area contributed by atoms with E-state index < -0.39 is 18.0 Å². The van der Waals surface area contributed by atoms with Gasteiger partial charge in [0.1, 0.15) is 0 Å². The monoisotopic (exact) mass is 352 g/mol. The number of carbonyl (C=O) groups is 2. The van der Waals surface area contributed by atoms with Gasteiger partial charge in [0, 0.05) is 21.4 Å². The number of nitrogens with one attached hydrogen (secondary N) is 1. The Labute approximate surface area is 143 Å². The number of hydrogen-bond donors (Lipinski definition) is 2. The summed E-state index contributed by atoms with van der Waals surface area (Å²) in [7, 11) is 0. The Balaban J connectivity index is 2.00. The van der Waals surface area contributed by atoms with Gasteiger partial charge >= 0.3 is 5.97 Å². The van der Waals surface area contributed by atoms with E-state index in [2.05, 4.69) is 5.32 Å². The SMILES string of the molecule is C[C@@H](OC(=O)c1ccc(Cl)cc1N)C(=O)Nc1ccc(Cl)cc1. The second kappa shape index (κ2) is 7.35. The topological polar surface area (TPSA) is 81.4 Å². The van der Waals surface area contributed by atoms with E-state index in [1.54, 1.807) is 24.3 Å². The summed E-state index contributed by atoms with van der Waals surface area (Å²) < 4.78 is 5.11. The second-order valence-corrected chi connectivity index (χ2v) is 5.65. The maximum atomic E-state index is 12.0. The van der Waals surface area contributed by atoms with Crippen LogP contribution in [0.3, 0.4) is 0 Å². The van der Waals surface area contributed by atoms with Gasteiger partial charge in [-0.1, -0.05) is 23.2 Å². The van der Waals surface area contributed by atoms with Crippen LogP contribution in [0.5, 0.6) is 0 Å². The molecule has 7 heteroatoms. The Morgan fingerprint density at radius 1 is 1.09 bits per heavy atom. The van der Waals surface area contributed by atoms with Gasteiger partial charge in [0.2, 0.25) is 0 Å². The maximum absolute atomic E-state index is 12.0. The van der Waals surface area contributed by atoms with Gasteiger partial charge in [-0.3, -0.25) is 4.79 Å². The summed E-state index contributed by atoms with van der Waals surface area (Å²) in [6.45, 7) is 1.47. The highest BCUT2D eigenvalue weighted by Crippen LogP contribution is 2.19. The van der Waals surface area contributed by atoms with E-state index in [1.807, 2.05) is 0 Å². The molecule has 0 saturated heterocycles. The fourth-order valence-electron chi connectivity index (χ4n) is 1.77. The zero-order chi connectivity index (χ0) is 17.0. The highest BCUT2D eigenvalue weighted by Gasteiger charge is 2.20. The zero-order valence-electron chi connectivity index (χ0n) is 12.2. The van der Waals surface area contributed by atoms with Crippen LogP contribution in [0.1, 0.15) is 17.3 Å². The number of carbonyl (C=O) groups excluding carboxylic acids is 2. The number of esters is 1. The van der Waals surface area contributed by atoms with Gasteiger partial charge in [-0.05, 0) is 49.4 Å². The lowest BCUT2D eigenvalue weighted by atomic mass is 10.2. The molecule has 0 aromatic heterocycles. The Morgan fingerprint density at radius 3 is 2.30 bits per heavy atom. The van der Waals surface area contributed by atoms with Crippen LogP contribution in [0, 0.1) is 0 Å². The predicted octanol–water partition coefficient (Wildman–Crippen LogP) is 3.76. The standard InChI is InChI=1S/C16H14Cl2N2O3/c1-9(15(21)20-12-5-2-10(17)3-6-12)23-16(22)13-7-4-11(18)8-14(13)19/h2-9H,19H2,1H3,(H,20,21)/t9-/m1/s1. The third-order valence-corrected chi connectivity index (χ3v) is 3.49. The number of nitrogens with two attached hydrogens (primary N) is 1. The number of hydrogen-bond acceptors (Lipinski definition) is 4. The number of benzene rings is 2. The van der Waals surface area contributed by atoms with Crippen molar-refractivity contribution in [3.8, 4) is 0 Å². The van der Waals surface area contributed by atoms with Crippen LogP contribution in [0.4, 0.5) is 11.4 Å². The van der Waals surface area contributed by atoms with Crippen molar-refractivity contribution in [2.24, 2.45) is 0 Å². The first kappa shape index (κ1) is 17.1. The Morgan fingerprint density at radius 2 is 1.70 bits per heavy atom. The molecular weight excluding hydrogens is 339 g/mol. The molecule has 2 aromatic carbocycles. The summed E-state index contributed by atoms with van der Waals surface area (Å²) in [5.41, 5.74) is 6.60. The largest absolute Gasteiger partial charge is 0.449 e. The summed E-state index contributed by atoms with van der Waals surface area (Å²) in [5.74, 6) is -1.16. The fourth-order valence-corrected chi connectivity index (χ4v) is 2.08. The van der Waals surface area contributed by atoms with Crippen LogP contribution in [-0.2, 0) is 9.53 Å². The van der Waals surface area contributed by atoms with Crippen molar-refractivity contribution in [3.05, 3.63) is 58.1 Å². The van der Waals surface area contributed by atoms with E-state index in [0.29, 0.717) is 15.7 Å². The lowest BCUT2D eigenvalue weighted by Crippen LogP contribution is -2.30. The van der Waals surface area contributed by atoms with Crippen LogP contribution < -0.4 is 11.1 Å².